The zero-order valence-corrected chi connectivity index (χ0v) is 14.9. The van der Waals surface area contributed by atoms with Crippen LogP contribution in [0.1, 0.15) is 12.8 Å². The third-order valence-corrected chi connectivity index (χ3v) is 6.82. The summed E-state index contributed by atoms with van der Waals surface area (Å²) in [6.45, 7) is 3.62. The molecule has 1 atom stereocenters. The Hall–Kier alpha value is -0.730. The molecular formula is C15H24ClN3O3S. The number of ether oxygens (including phenoxy) is 1. The summed E-state index contributed by atoms with van der Waals surface area (Å²) >= 11 is 0. The highest BCUT2D eigenvalue weighted by atomic mass is 35.5. The smallest absolute Gasteiger partial charge is 0.244 e. The van der Waals surface area contributed by atoms with Crippen LogP contribution < -0.4 is 5.32 Å². The molecule has 0 aromatic carbocycles. The largest absolute Gasteiger partial charge is 0.384 e. The van der Waals surface area contributed by atoms with Crippen LogP contribution in [-0.4, -0.2) is 57.6 Å². The molecule has 1 unspecified atom stereocenters. The number of hydrogen-bond acceptors (Lipinski definition) is 5. The molecule has 6 nitrogen and oxygen atoms in total. The molecule has 1 spiro atoms. The van der Waals surface area contributed by atoms with Crippen molar-refractivity contribution in [3.05, 3.63) is 24.5 Å². The maximum atomic E-state index is 12.8. The number of halogens is 1. The van der Waals surface area contributed by atoms with Gasteiger partial charge in [-0.3, -0.25) is 4.98 Å². The number of methoxy groups -OCH3 is 1. The summed E-state index contributed by atoms with van der Waals surface area (Å²) in [5.41, 5.74) is 0.0382. The highest BCUT2D eigenvalue weighted by Gasteiger charge is 2.50. The van der Waals surface area contributed by atoms with E-state index in [-0.39, 0.29) is 28.6 Å². The second kappa shape index (κ2) is 7.44. The van der Waals surface area contributed by atoms with Crippen molar-refractivity contribution < 1.29 is 13.2 Å². The van der Waals surface area contributed by atoms with Crippen LogP contribution >= 0.6 is 12.4 Å². The van der Waals surface area contributed by atoms with Crippen molar-refractivity contribution in [2.45, 2.75) is 17.7 Å². The number of nitrogens with zero attached hydrogens (tertiary/aromatic N) is 2. The van der Waals surface area contributed by atoms with Crippen molar-refractivity contribution in [3.8, 4) is 0 Å². The molecule has 1 N–H and O–H groups in total. The first kappa shape index (κ1) is 18.6. The Labute approximate surface area is 144 Å². The Morgan fingerprint density at radius 2 is 2.17 bits per heavy atom. The third kappa shape index (κ3) is 3.53. The Kier molecular flexibility index (Phi) is 6.02. The van der Waals surface area contributed by atoms with E-state index in [0.717, 1.165) is 25.9 Å². The first-order valence-electron chi connectivity index (χ1n) is 7.68. The summed E-state index contributed by atoms with van der Waals surface area (Å²) in [5, 5.41) is 3.37. The first-order chi connectivity index (χ1) is 10.6. The highest BCUT2D eigenvalue weighted by Crippen LogP contribution is 2.45. The summed E-state index contributed by atoms with van der Waals surface area (Å²) in [6.07, 6.45) is 5.01. The van der Waals surface area contributed by atoms with Gasteiger partial charge >= 0.3 is 0 Å². The van der Waals surface area contributed by atoms with Crippen LogP contribution in [0.4, 0.5) is 0 Å². The van der Waals surface area contributed by atoms with E-state index in [9.17, 15) is 8.42 Å². The monoisotopic (exact) mass is 361 g/mol. The molecule has 0 saturated carbocycles. The Balaban J connectivity index is 0.00000192. The number of pyridine rings is 1. The molecule has 130 valence electrons. The molecule has 3 rings (SSSR count). The molecule has 1 aromatic heterocycles. The molecule has 0 aliphatic carbocycles. The van der Waals surface area contributed by atoms with Crippen molar-refractivity contribution in [3.63, 3.8) is 0 Å². The lowest BCUT2D eigenvalue weighted by molar-refractivity contribution is 0.0718. The number of piperidine rings is 1. The van der Waals surface area contributed by atoms with Crippen LogP contribution in [0.3, 0.4) is 0 Å². The van der Waals surface area contributed by atoms with E-state index in [2.05, 4.69) is 10.3 Å². The highest BCUT2D eigenvalue weighted by molar-refractivity contribution is 7.89. The second-order valence-corrected chi connectivity index (χ2v) is 8.19. The van der Waals surface area contributed by atoms with Gasteiger partial charge in [0.2, 0.25) is 10.0 Å². The molecule has 2 fully saturated rings. The van der Waals surface area contributed by atoms with Gasteiger partial charge in [-0.25, -0.2) is 8.42 Å². The topological polar surface area (TPSA) is 71.5 Å². The molecule has 2 aliphatic rings. The van der Waals surface area contributed by atoms with Gasteiger partial charge in [-0.2, -0.15) is 4.31 Å². The quantitative estimate of drug-likeness (QED) is 0.870. The summed E-state index contributed by atoms with van der Waals surface area (Å²) in [7, 11) is -1.78. The minimum absolute atomic E-state index is 0. The van der Waals surface area contributed by atoms with Crippen LogP contribution in [0, 0.1) is 11.3 Å². The van der Waals surface area contributed by atoms with Gasteiger partial charge in [-0.1, -0.05) is 0 Å². The van der Waals surface area contributed by atoms with Crippen molar-refractivity contribution in [2.75, 3.05) is 39.9 Å². The third-order valence-electron chi connectivity index (χ3n) is 5.02. The second-order valence-electron chi connectivity index (χ2n) is 6.25. The fourth-order valence-corrected chi connectivity index (χ4v) is 5.28. The lowest BCUT2D eigenvalue weighted by Crippen LogP contribution is -2.43. The van der Waals surface area contributed by atoms with E-state index >= 15 is 0 Å². The zero-order chi connectivity index (χ0) is 15.6. The average molecular weight is 362 g/mol. The Morgan fingerprint density at radius 1 is 1.43 bits per heavy atom. The molecular weight excluding hydrogens is 338 g/mol. The van der Waals surface area contributed by atoms with Gasteiger partial charge in [0.15, 0.2) is 0 Å². The molecule has 1 aromatic rings. The fourth-order valence-electron chi connectivity index (χ4n) is 3.74. The molecule has 3 heterocycles. The number of rotatable bonds is 4. The van der Waals surface area contributed by atoms with Gasteiger partial charge in [-0.05, 0) is 43.5 Å². The van der Waals surface area contributed by atoms with Crippen LogP contribution in [0.15, 0.2) is 29.4 Å². The molecule has 0 amide bonds. The van der Waals surface area contributed by atoms with Crippen molar-refractivity contribution in [1.29, 1.82) is 0 Å². The minimum Gasteiger partial charge on any atom is -0.384 e. The Morgan fingerprint density at radius 3 is 2.78 bits per heavy atom. The van der Waals surface area contributed by atoms with Crippen molar-refractivity contribution >= 4 is 22.4 Å². The van der Waals surface area contributed by atoms with E-state index in [4.69, 9.17) is 4.74 Å². The number of nitrogens with one attached hydrogen (secondary N) is 1. The molecule has 0 radical (unpaired) electrons. The first-order valence-corrected chi connectivity index (χ1v) is 9.12. The van der Waals surface area contributed by atoms with E-state index in [0.29, 0.717) is 19.7 Å². The molecule has 23 heavy (non-hydrogen) atoms. The minimum atomic E-state index is -3.47. The summed E-state index contributed by atoms with van der Waals surface area (Å²) in [6, 6.07) is 3.27. The van der Waals surface area contributed by atoms with Crippen LogP contribution in [0.25, 0.3) is 0 Å². The average Bonchev–Trinajstić information content (AvgIpc) is 2.88. The van der Waals surface area contributed by atoms with Gasteiger partial charge in [0.25, 0.3) is 0 Å². The predicted octanol–water partition coefficient (Wildman–Crippen LogP) is 1.14. The standard InChI is InChI=1S/C15H23N3O3S.ClH/c1-21-11-13-10-18(12-15(13)4-7-16-8-5-15)22(19,20)14-3-2-6-17-9-14;/h2-3,6,9,13,16H,4-5,7-8,10-12H2,1H3;1H. The maximum absolute atomic E-state index is 12.8. The lowest BCUT2D eigenvalue weighted by Gasteiger charge is -2.38. The van der Waals surface area contributed by atoms with Crippen molar-refractivity contribution in [1.82, 2.24) is 14.6 Å². The van der Waals surface area contributed by atoms with E-state index in [1.54, 1.807) is 29.7 Å². The van der Waals surface area contributed by atoms with Crippen LogP contribution in [0.5, 0.6) is 0 Å². The molecule has 2 saturated heterocycles. The fraction of sp³-hybridized carbons (Fsp3) is 0.667. The Bertz CT molecular complexity index is 606. The van der Waals surface area contributed by atoms with E-state index in [1.807, 2.05) is 0 Å². The van der Waals surface area contributed by atoms with Crippen LogP contribution in [0.2, 0.25) is 0 Å². The SMILES string of the molecule is COCC1CN(S(=O)(=O)c2cccnc2)CC12CCNCC2.Cl. The molecule has 2 aliphatic heterocycles. The molecule has 0 bridgehead atoms. The maximum Gasteiger partial charge on any atom is 0.244 e. The summed E-state index contributed by atoms with van der Waals surface area (Å²) in [4.78, 5) is 4.22. The van der Waals surface area contributed by atoms with Crippen LogP contribution in [-0.2, 0) is 14.8 Å². The van der Waals surface area contributed by atoms with Gasteiger partial charge in [0, 0.05) is 38.5 Å². The number of sulfonamides is 1. The van der Waals surface area contributed by atoms with Gasteiger partial charge in [-0.15, -0.1) is 12.4 Å². The number of aromatic nitrogens is 1. The molecule has 8 heteroatoms. The predicted molar refractivity (Wildman–Crippen MR) is 90.1 cm³/mol. The van der Waals surface area contributed by atoms with Gasteiger partial charge < -0.3 is 10.1 Å². The van der Waals surface area contributed by atoms with Crippen molar-refractivity contribution in [2.24, 2.45) is 11.3 Å². The normalized spacial score (nSPS) is 24.5. The van der Waals surface area contributed by atoms with E-state index in [1.165, 1.54) is 6.20 Å². The van der Waals surface area contributed by atoms with E-state index < -0.39 is 10.0 Å². The van der Waals surface area contributed by atoms with Gasteiger partial charge in [0.1, 0.15) is 4.90 Å². The van der Waals surface area contributed by atoms with Gasteiger partial charge in [0.05, 0.1) is 6.61 Å². The lowest BCUT2D eigenvalue weighted by atomic mass is 9.71. The number of hydrogen-bond donors (Lipinski definition) is 1. The zero-order valence-electron chi connectivity index (χ0n) is 13.3. The summed E-state index contributed by atoms with van der Waals surface area (Å²) < 4.78 is 32.7. The summed E-state index contributed by atoms with van der Waals surface area (Å²) in [5.74, 6) is 0.256.